The van der Waals surface area contributed by atoms with Crippen molar-refractivity contribution in [3.05, 3.63) is 21.9 Å². The molecule has 0 aromatic carbocycles. The molecule has 1 aliphatic rings. The number of Topliss-reactive ketones (excluding diaryl/α,β-unsaturated/α-hetero) is 1. The van der Waals surface area contributed by atoms with Gasteiger partial charge in [-0.15, -0.1) is 11.3 Å². The Morgan fingerprint density at radius 3 is 2.79 bits per heavy atom. The third-order valence-electron chi connectivity index (χ3n) is 3.68. The Kier molecular flexibility index (Phi) is 2.26. The van der Waals surface area contributed by atoms with Crippen molar-refractivity contribution >= 4 is 17.1 Å². The Balaban J connectivity index is 2.26. The number of rotatable bonds is 2. The van der Waals surface area contributed by atoms with E-state index < -0.39 is 0 Å². The lowest BCUT2D eigenvalue weighted by molar-refractivity contribution is -0.139. The number of carbonyl (C=O) groups is 1. The van der Waals surface area contributed by atoms with Crippen LogP contribution in [-0.2, 0) is 4.79 Å². The second kappa shape index (κ2) is 3.20. The molecule has 1 nitrogen and oxygen atoms in total. The molecule has 0 saturated heterocycles. The normalized spacial score (nSPS) is 31.6. The molecule has 2 unspecified atom stereocenters. The number of ketones is 1. The van der Waals surface area contributed by atoms with Gasteiger partial charge in [0, 0.05) is 22.6 Å². The molecule has 0 aliphatic heterocycles. The van der Waals surface area contributed by atoms with Gasteiger partial charge in [-0.3, -0.25) is 4.79 Å². The van der Waals surface area contributed by atoms with Crippen LogP contribution >= 0.6 is 11.3 Å². The van der Waals surface area contributed by atoms with E-state index in [0.717, 1.165) is 12.8 Å². The average molecular weight is 208 g/mol. The molecular formula is C12H16OS. The van der Waals surface area contributed by atoms with E-state index in [1.807, 2.05) is 0 Å². The summed E-state index contributed by atoms with van der Waals surface area (Å²) in [6.07, 6.45) is 1.71. The molecule has 14 heavy (non-hydrogen) atoms. The molecule has 2 atom stereocenters. The highest BCUT2D eigenvalue weighted by Crippen LogP contribution is 2.52. The number of carbonyl (C=O) groups excluding carboxylic acids is 1. The van der Waals surface area contributed by atoms with Gasteiger partial charge in [-0.1, -0.05) is 13.8 Å². The summed E-state index contributed by atoms with van der Waals surface area (Å²) in [6.45, 7) is 6.34. The topological polar surface area (TPSA) is 17.1 Å². The molecule has 1 heterocycles. The predicted molar refractivity (Wildman–Crippen MR) is 59.8 cm³/mol. The van der Waals surface area contributed by atoms with Crippen LogP contribution < -0.4 is 0 Å². The molecule has 0 bridgehead atoms. The Hall–Kier alpha value is -0.630. The summed E-state index contributed by atoms with van der Waals surface area (Å²) in [6, 6.07) is 2.23. The van der Waals surface area contributed by atoms with Crippen LogP contribution in [0.15, 0.2) is 11.4 Å². The first-order valence-electron chi connectivity index (χ1n) is 5.16. The zero-order valence-corrected chi connectivity index (χ0v) is 9.78. The van der Waals surface area contributed by atoms with Gasteiger partial charge < -0.3 is 0 Å². The molecule has 0 radical (unpaired) electrons. The highest BCUT2D eigenvalue weighted by molar-refractivity contribution is 7.10. The number of hydrogen-bond acceptors (Lipinski definition) is 2. The van der Waals surface area contributed by atoms with E-state index in [2.05, 4.69) is 32.2 Å². The lowest BCUT2D eigenvalue weighted by atomic mass is 9.57. The van der Waals surface area contributed by atoms with Crippen molar-refractivity contribution in [1.82, 2.24) is 0 Å². The molecule has 2 heteroatoms. The van der Waals surface area contributed by atoms with Gasteiger partial charge in [0.1, 0.15) is 5.78 Å². The van der Waals surface area contributed by atoms with Crippen LogP contribution in [0.1, 0.15) is 43.0 Å². The van der Waals surface area contributed by atoms with E-state index in [1.165, 1.54) is 10.4 Å². The van der Waals surface area contributed by atoms with Gasteiger partial charge in [0.2, 0.25) is 0 Å². The summed E-state index contributed by atoms with van der Waals surface area (Å²) < 4.78 is 0. The number of thiophene rings is 1. The monoisotopic (exact) mass is 208 g/mol. The molecule has 0 spiro atoms. The van der Waals surface area contributed by atoms with E-state index in [-0.39, 0.29) is 5.41 Å². The zero-order chi connectivity index (χ0) is 10.3. The van der Waals surface area contributed by atoms with E-state index >= 15 is 0 Å². The van der Waals surface area contributed by atoms with Crippen molar-refractivity contribution in [2.24, 2.45) is 5.41 Å². The molecule has 1 aromatic heterocycles. The molecule has 0 amide bonds. The standard InChI is InChI=1S/C12H16OS/c1-4-12(3)10(6-11(12)13)9-5-8(2)14-7-9/h5,7,10H,4,6H2,1-3H3. The smallest absolute Gasteiger partial charge is 0.140 e. The minimum absolute atomic E-state index is 0.0759. The maximum Gasteiger partial charge on any atom is 0.140 e. The maximum atomic E-state index is 11.6. The fraction of sp³-hybridized carbons (Fsp3) is 0.583. The van der Waals surface area contributed by atoms with Crippen molar-refractivity contribution < 1.29 is 4.79 Å². The van der Waals surface area contributed by atoms with Gasteiger partial charge in [0.05, 0.1) is 0 Å². The van der Waals surface area contributed by atoms with Crippen molar-refractivity contribution in [3.63, 3.8) is 0 Å². The van der Waals surface area contributed by atoms with Crippen molar-refractivity contribution in [3.8, 4) is 0 Å². The van der Waals surface area contributed by atoms with Gasteiger partial charge in [0.25, 0.3) is 0 Å². The van der Waals surface area contributed by atoms with Crippen LogP contribution in [0.5, 0.6) is 0 Å². The largest absolute Gasteiger partial charge is 0.299 e. The Bertz CT molecular complexity index is 366. The van der Waals surface area contributed by atoms with Gasteiger partial charge in [0.15, 0.2) is 0 Å². The number of aryl methyl sites for hydroxylation is 1. The van der Waals surface area contributed by atoms with Crippen LogP contribution in [0.3, 0.4) is 0 Å². The summed E-state index contributed by atoms with van der Waals surface area (Å²) in [5, 5.41) is 2.21. The molecule has 1 aromatic rings. The van der Waals surface area contributed by atoms with Crippen molar-refractivity contribution in [2.75, 3.05) is 0 Å². The summed E-state index contributed by atoms with van der Waals surface area (Å²) in [5.74, 6) is 0.916. The third kappa shape index (κ3) is 1.24. The Morgan fingerprint density at radius 2 is 2.36 bits per heavy atom. The highest BCUT2D eigenvalue weighted by Gasteiger charge is 2.50. The molecular weight excluding hydrogens is 192 g/mol. The van der Waals surface area contributed by atoms with Crippen LogP contribution in [0, 0.1) is 12.3 Å². The first kappa shape index (κ1) is 9.91. The van der Waals surface area contributed by atoms with Crippen LogP contribution in [0.25, 0.3) is 0 Å². The molecule has 2 rings (SSSR count). The van der Waals surface area contributed by atoms with Gasteiger partial charge in [-0.2, -0.15) is 0 Å². The second-order valence-electron chi connectivity index (χ2n) is 4.44. The Labute approximate surface area is 89.1 Å². The fourth-order valence-electron chi connectivity index (χ4n) is 2.28. The molecule has 1 aliphatic carbocycles. The first-order chi connectivity index (χ1) is 6.58. The first-order valence-corrected chi connectivity index (χ1v) is 6.04. The van der Waals surface area contributed by atoms with E-state index in [0.29, 0.717) is 11.7 Å². The maximum absolute atomic E-state index is 11.6. The van der Waals surface area contributed by atoms with Gasteiger partial charge >= 0.3 is 0 Å². The molecule has 1 fully saturated rings. The predicted octanol–water partition coefficient (Wildman–Crippen LogP) is 3.53. The quantitative estimate of drug-likeness (QED) is 0.726. The highest BCUT2D eigenvalue weighted by atomic mass is 32.1. The molecule has 1 saturated carbocycles. The zero-order valence-electron chi connectivity index (χ0n) is 8.96. The van der Waals surface area contributed by atoms with Gasteiger partial charge in [-0.05, 0) is 30.4 Å². The van der Waals surface area contributed by atoms with Gasteiger partial charge in [-0.25, -0.2) is 0 Å². The van der Waals surface area contributed by atoms with Crippen molar-refractivity contribution in [2.45, 2.75) is 39.5 Å². The van der Waals surface area contributed by atoms with Crippen molar-refractivity contribution in [1.29, 1.82) is 0 Å². The minimum Gasteiger partial charge on any atom is -0.299 e. The lowest BCUT2D eigenvalue weighted by Gasteiger charge is -2.44. The van der Waals surface area contributed by atoms with Crippen LogP contribution in [0.2, 0.25) is 0 Å². The summed E-state index contributed by atoms with van der Waals surface area (Å²) in [5.41, 5.74) is 1.30. The van der Waals surface area contributed by atoms with Crippen LogP contribution in [0.4, 0.5) is 0 Å². The van der Waals surface area contributed by atoms with E-state index in [4.69, 9.17) is 0 Å². The summed E-state index contributed by atoms with van der Waals surface area (Å²) in [7, 11) is 0. The summed E-state index contributed by atoms with van der Waals surface area (Å²) in [4.78, 5) is 12.9. The SMILES string of the molecule is CCC1(C)C(=O)CC1c1csc(C)c1. The lowest BCUT2D eigenvalue weighted by Crippen LogP contribution is -2.45. The second-order valence-corrected chi connectivity index (χ2v) is 5.56. The van der Waals surface area contributed by atoms with E-state index in [1.54, 1.807) is 11.3 Å². The minimum atomic E-state index is -0.0759. The Morgan fingerprint density at radius 1 is 1.64 bits per heavy atom. The molecule has 76 valence electrons. The average Bonchev–Trinajstić information content (AvgIpc) is 2.59. The van der Waals surface area contributed by atoms with E-state index in [9.17, 15) is 4.79 Å². The third-order valence-corrected chi connectivity index (χ3v) is 4.56. The molecule has 0 N–H and O–H groups in total. The fourth-order valence-corrected chi connectivity index (χ4v) is 3.04. The number of hydrogen-bond donors (Lipinski definition) is 0. The van der Waals surface area contributed by atoms with Crippen LogP contribution in [-0.4, -0.2) is 5.78 Å². The summed E-state index contributed by atoms with van der Waals surface area (Å²) >= 11 is 1.78.